The number of hydrogen-bond donors (Lipinski definition) is 1. The molecule has 2 aliphatic rings. The number of nitrogens with one attached hydrogen (secondary N) is 1. The van der Waals surface area contributed by atoms with Crippen LogP contribution in [0.3, 0.4) is 0 Å². The second kappa shape index (κ2) is 8.39. The van der Waals surface area contributed by atoms with Gasteiger partial charge in [-0.2, -0.15) is 0 Å². The number of carbonyl (C=O) groups is 2. The highest BCUT2D eigenvalue weighted by molar-refractivity contribution is 6.09. The predicted octanol–water partition coefficient (Wildman–Crippen LogP) is 4.08. The Kier molecular flexibility index (Phi) is 5.51. The molecule has 2 amide bonds. The molecule has 0 atom stereocenters. The Hall–Kier alpha value is -3.28. The molecular formula is C23H24N2O4. The fourth-order valence-electron chi connectivity index (χ4n) is 3.68. The van der Waals surface area contributed by atoms with Crippen molar-refractivity contribution in [2.75, 3.05) is 25.5 Å². The zero-order valence-electron chi connectivity index (χ0n) is 16.4. The molecule has 1 N–H and O–H groups in total. The summed E-state index contributed by atoms with van der Waals surface area (Å²) in [7, 11) is 1.58. The molecule has 6 nitrogen and oxygen atoms in total. The van der Waals surface area contributed by atoms with Gasteiger partial charge < -0.3 is 19.7 Å². The minimum atomic E-state index is -0.359. The molecule has 0 bridgehead atoms. The highest BCUT2D eigenvalue weighted by atomic mass is 16.5. The first kappa shape index (κ1) is 19.1. The Bertz CT molecular complexity index is 959. The Morgan fingerprint density at radius 3 is 2.62 bits per heavy atom. The highest BCUT2D eigenvalue weighted by Crippen LogP contribution is 2.33. The van der Waals surface area contributed by atoms with E-state index in [9.17, 15) is 9.59 Å². The molecule has 2 heterocycles. The number of nitrogens with zero attached hydrogens (tertiary/aromatic N) is 1. The van der Waals surface area contributed by atoms with Crippen molar-refractivity contribution in [1.29, 1.82) is 0 Å². The van der Waals surface area contributed by atoms with Crippen molar-refractivity contribution in [2.24, 2.45) is 0 Å². The molecular weight excluding hydrogens is 368 g/mol. The molecule has 6 heteroatoms. The number of likely N-dealkylation sites (tertiary alicyclic amines) is 1. The molecule has 4 rings (SSSR count). The van der Waals surface area contributed by atoms with Gasteiger partial charge in [0.15, 0.2) is 11.5 Å². The van der Waals surface area contributed by atoms with Gasteiger partial charge in [-0.15, -0.1) is 0 Å². The van der Waals surface area contributed by atoms with Crippen LogP contribution in [-0.2, 0) is 4.79 Å². The van der Waals surface area contributed by atoms with Gasteiger partial charge >= 0.3 is 0 Å². The fraction of sp³-hybridized carbons (Fsp3) is 0.304. The Morgan fingerprint density at radius 1 is 1.10 bits per heavy atom. The van der Waals surface area contributed by atoms with Crippen LogP contribution in [0.5, 0.6) is 11.5 Å². The second-order valence-electron chi connectivity index (χ2n) is 7.22. The minimum absolute atomic E-state index is 0.000639. The summed E-state index contributed by atoms with van der Waals surface area (Å²) >= 11 is 0. The van der Waals surface area contributed by atoms with Crippen LogP contribution < -0.4 is 14.8 Å². The van der Waals surface area contributed by atoms with E-state index >= 15 is 0 Å². The first-order chi connectivity index (χ1) is 14.2. The number of rotatable bonds is 3. The SMILES string of the molecule is COc1ccccc1/C=C1/Oc2ccc(C(=O)N3CCCCCC3)cc2NC1=O. The summed E-state index contributed by atoms with van der Waals surface area (Å²) in [5.41, 5.74) is 1.82. The van der Waals surface area contributed by atoms with Crippen molar-refractivity contribution in [1.82, 2.24) is 4.90 Å². The molecule has 0 radical (unpaired) electrons. The summed E-state index contributed by atoms with van der Waals surface area (Å²) in [6, 6.07) is 12.6. The zero-order valence-corrected chi connectivity index (χ0v) is 16.4. The van der Waals surface area contributed by atoms with Gasteiger partial charge in [-0.1, -0.05) is 31.0 Å². The number of anilines is 1. The minimum Gasteiger partial charge on any atom is -0.496 e. The van der Waals surface area contributed by atoms with E-state index < -0.39 is 0 Å². The van der Waals surface area contributed by atoms with Crippen LogP contribution in [0.2, 0.25) is 0 Å². The predicted molar refractivity (Wildman–Crippen MR) is 111 cm³/mol. The number of para-hydroxylation sites is 1. The molecule has 2 aromatic rings. The lowest BCUT2D eigenvalue weighted by Gasteiger charge is -2.23. The van der Waals surface area contributed by atoms with Crippen LogP contribution in [-0.4, -0.2) is 36.9 Å². The van der Waals surface area contributed by atoms with Crippen molar-refractivity contribution < 1.29 is 19.1 Å². The maximum absolute atomic E-state index is 12.8. The number of carbonyl (C=O) groups excluding carboxylic acids is 2. The van der Waals surface area contributed by atoms with Crippen molar-refractivity contribution in [3.05, 3.63) is 59.4 Å². The molecule has 0 spiro atoms. The third-order valence-electron chi connectivity index (χ3n) is 5.24. The molecule has 29 heavy (non-hydrogen) atoms. The van der Waals surface area contributed by atoms with Crippen LogP contribution in [0.25, 0.3) is 6.08 Å². The van der Waals surface area contributed by atoms with E-state index in [0.717, 1.165) is 31.5 Å². The molecule has 1 fully saturated rings. The van der Waals surface area contributed by atoms with Crippen LogP contribution in [0.1, 0.15) is 41.6 Å². The Morgan fingerprint density at radius 2 is 1.86 bits per heavy atom. The normalized spacial score (nSPS) is 17.8. The van der Waals surface area contributed by atoms with Crippen LogP contribution in [0, 0.1) is 0 Å². The van der Waals surface area contributed by atoms with Crippen LogP contribution in [0.15, 0.2) is 48.2 Å². The lowest BCUT2D eigenvalue weighted by Crippen LogP contribution is -2.32. The third-order valence-corrected chi connectivity index (χ3v) is 5.24. The average Bonchev–Trinajstić information content (AvgIpc) is 3.03. The van der Waals surface area contributed by atoms with E-state index in [1.54, 1.807) is 31.4 Å². The smallest absolute Gasteiger partial charge is 0.291 e. The Balaban J connectivity index is 1.57. The number of methoxy groups -OCH3 is 1. The van der Waals surface area contributed by atoms with Gasteiger partial charge in [0.2, 0.25) is 0 Å². The van der Waals surface area contributed by atoms with Crippen molar-refractivity contribution in [3.63, 3.8) is 0 Å². The Labute approximate surface area is 170 Å². The van der Waals surface area contributed by atoms with Gasteiger partial charge in [0, 0.05) is 24.2 Å². The maximum Gasteiger partial charge on any atom is 0.291 e. The van der Waals surface area contributed by atoms with Gasteiger partial charge in [0.25, 0.3) is 11.8 Å². The topological polar surface area (TPSA) is 67.9 Å². The van der Waals surface area contributed by atoms with E-state index in [-0.39, 0.29) is 17.6 Å². The van der Waals surface area contributed by atoms with E-state index in [2.05, 4.69) is 5.32 Å². The van der Waals surface area contributed by atoms with E-state index in [4.69, 9.17) is 9.47 Å². The van der Waals surface area contributed by atoms with E-state index in [0.29, 0.717) is 22.7 Å². The zero-order chi connectivity index (χ0) is 20.2. The molecule has 0 unspecified atom stereocenters. The fourth-order valence-corrected chi connectivity index (χ4v) is 3.68. The summed E-state index contributed by atoms with van der Waals surface area (Å²) in [5.74, 6) is 0.981. The summed E-state index contributed by atoms with van der Waals surface area (Å²) in [6.45, 7) is 1.56. The molecule has 0 aliphatic carbocycles. The second-order valence-corrected chi connectivity index (χ2v) is 7.22. The third kappa shape index (κ3) is 4.11. The van der Waals surface area contributed by atoms with Crippen LogP contribution in [0.4, 0.5) is 5.69 Å². The maximum atomic E-state index is 12.8. The molecule has 150 valence electrons. The van der Waals surface area contributed by atoms with E-state index in [1.165, 1.54) is 12.8 Å². The van der Waals surface area contributed by atoms with Gasteiger partial charge in [-0.3, -0.25) is 9.59 Å². The van der Waals surface area contributed by atoms with E-state index in [1.807, 2.05) is 29.2 Å². The summed E-state index contributed by atoms with van der Waals surface area (Å²) in [5, 5.41) is 2.83. The monoisotopic (exact) mass is 392 g/mol. The summed E-state index contributed by atoms with van der Waals surface area (Å²) in [4.78, 5) is 27.3. The standard InChI is InChI=1S/C23H24N2O4/c1-28-19-9-5-4-8-16(19)15-21-22(26)24-18-14-17(10-11-20(18)29-21)23(27)25-12-6-2-3-7-13-25/h4-5,8-11,14-15H,2-3,6-7,12-13H2,1H3,(H,24,26)/b21-15+. The highest BCUT2D eigenvalue weighted by Gasteiger charge is 2.25. The quantitative estimate of drug-likeness (QED) is 0.799. The van der Waals surface area contributed by atoms with Gasteiger partial charge in [0.05, 0.1) is 12.8 Å². The molecule has 1 saturated heterocycles. The van der Waals surface area contributed by atoms with Gasteiger partial charge in [0.1, 0.15) is 5.75 Å². The summed E-state index contributed by atoms with van der Waals surface area (Å²) in [6.07, 6.45) is 6.05. The molecule has 0 aromatic heterocycles. The summed E-state index contributed by atoms with van der Waals surface area (Å²) < 4.78 is 11.1. The number of benzene rings is 2. The van der Waals surface area contributed by atoms with Crippen LogP contribution >= 0.6 is 0 Å². The lowest BCUT2D eigenvalue weighted by molar-refractivity contribution is -0.115. The lowest BCUT2D eigenvalue weighted by atomic mass is 10.1. The number of hydrogen-bond acceptors (Lipinski definition) is 4. The van der Waals surface area contributed by atoms with Crippen molar-refractivity contribution in [3.8, 4) is 11.5 Å². The number of fused-ring (bicyclic) bond motifs is 1. The first-order valence-corrected chi connectivity index (χ1v) is 9.93. The van der Waals surface area contributed by atoms with Gasteiger partial charge in [-0.05, 0) is 43.2 Å². The largest absolute Gasteiger partial charge is 0.496 e. The van der Waals surface area contributed by atoms with Crippen molar-refractivity contribution in [2.45, 2.75) is 25.7 Å². The first-order valence-electron chi connectivity index (χ1n) is 9.93. The van der Waals surface area contributed by atoms with Crippen molar-refractivity contribution >= 4 is 23.6 Å². The molecule has 2 aromatic carbocycles. The van der Waals surface area contributed by atoms with Gasteiger partial charge in [-0.25, -0.2) is 0 Å². The molecule has 2 aliphatic heterocycles. The molecule has 0 saturated carbocycles. The number of ether oxygens (including phenoxy) is 2. The average molecular weight is 392 g/mol. The number of amides is 2.